The number of aryl methyl sites for hydroxylation is 1. The molecule has 2 aliphatic rings. The van der Waals surface area contributed by atoms with Crippen molar-refractivity contribution in [2.45, 2.75) is 18.5 Å². The molecule has 2 aliphatic heterocycles. The molecule has 0 amide bonds. The summed E-state index contributed by atoms with van der Waals surface area (Å²) in [4.78, 5) is 13.9. The first kappa shape index (κ1) is 14.7. The monoisotopic (exact) mass is 335 g/mol. The summed E-state index contributed by atoms with van der Waals surface area (Å²) in [5, 5.41) is 1.16. The summed E-state index contributed by atoms with van der Waals surface area (Å²) in [6, 6.07) is 11.1. The van der Waals surface area contributed by atoms with Crippen LogP contribution in [0.3, 0.4) is 0 Å². The van der Waals surface area contributed by atoms with Crippen LogP contribution in [0.4, 0.5) is 5.95 Å². The van der Waals surface area contributed by atoms with Crippen LogP contribution in [0.5, 0.6) is 11.6 Å². The molecule has 6 nitrogen and oxygen atoms in total. The van der Waals surface area contributed by atoms with E-state index in [4.69, 9.17) is 4.74 Å². The Kier molecular flexibility index (Phi) is 3.21. The van der Waals surface area contributed by atoms with Crippen molar-refractivity contribution in [3.8, 4) is 11.6 Å². The van der Waals surface area contributed by atoms with Gasteiger partial charge in [-0.3, -0.25) is 4.90 Å². The molecule has 2 unspecified atom stereocenters. The number of likely N-dealkylation sites (N-methyl/N-ethyl adjacent to an activating group) is 1. The fourth-order valence-corrected chi connectivity index (χ4v) is 4.15. The molecule has 0 aliphatic carbocycles. The van der Waals surface area contributed by atoms with Gasteiger partial charge in [-0.2, -0.15) is 4.98 Å². The molecule has 5 rings (SSSR count). The highest BCUT2D eigenvalue weighted by Gasteiger charge is 2.42. The lowest BCUT2D eigenvalue weighted by Crippen LogP contribution is -2.45. The normalized spacial score (nSPS) is 22.9. The average molecular weight is 335 g/mol. The first-order valence-corrected chi connectivity index (χ1v) is 8.71. The van der Waals surface area contributed by atoms with Gasteiger partial charge >= 0.3 is 0 Å². The van der Waals surface area contributed by atoms with Crippen LogP contribution in [-0.2, 0) is 7.05 Å². The average Bonchev–Trinajstić information content (AvgIpc) is 3.30. The number of aromatic nitrogens is 3. The van der Waals surface area contributed by atoms with E-state index in [0.717, 1.165) is 35.7 Å². The number of nitrogens with zero attached hydrogens (tertiary/aromatic N) is 5. The zero-order chi connectivity index (χ0) is 17.0. The van der Waals surface area contributed by atoms with Crippen molar-refractivity contribution < 1.29 is 4.74 Å². The molecule has 2 saturated heterocycles. The second kappa shape index (κ2) is 5.46. The predicted molar refractivity (Wildman–Crippen MR) is 97.2 cm³/mol. The summed E-state index contributed by atoms with van der Waals surface area (Å²) < 4.78 is 8.19. The summed E-state index contributed by atoms with van der Waals surface area (Å²) in [6.45, 7) is 2.08. The van der Waals surface area contributed by atoms with E-state index in [0.29, 0.717) is 18.0 Å². The maximum absolute atomic E-state index is 6.12. The summed E-state index contributed by atoms with van der Waals surface area (Å²) in [5.74, 6) is 2.18. The first-order chi connectivity index (χ1) is 12.2. The van der Waals surface area contributed by atoms with Gasteiger partial charge in [-0.1, -0.05) is 12.1 Å². The lowest BCUT2D eigenvalue weighted by Gasteiger charge is -2.31. The van der Waals surface area contributed by atoms with E-state index in [-0.39, 0.29) is 0 Å². The van der Waals surface area contributed by atoms with Gasteiger partial charge in [-0.15, -0.1) is 0 Å². The van der Waals surface area contributed by atoms with E-state index in [1.807, 2.05) is 31.4 Å². The van der Waals surface area contributed by atoms with E-state index in [1.165, 1.54) is 6.42 Å². The van der Waals surface area contributed by atoms with E-state index >= 15 is 0 Å². The van der Waals surface area contributed by atoms with Crippen LogP contribution in [0.15, 0.2) is 42.7 Å². The highest BCUT2D eigenvalue weighted by Crippen LogP contribution is 2.33. The lowest BCUT2D eigenvalue weighted by atomic mass is 10.2. The standard InChI is InChI=1S/C19H21N5O/c1-22-9-7-13-4-3-5-16(18(13)22)25-17-6-8-20-19(21-17)24-12-14-10-15(24)11-23(14)2/h3-9,14-15H,10-12H2,1-2H3. The number of rotatable bonds is 3. The Bertz CT molecular complexity index is 934. The zero-order valence-corrected chi connectivity index (χ0v) is 14.5. The third-order valence-corrected chi connectivity index (χ3v) is 5.46. The highest BCUT2D eigenvalue weighted by atomic mass is 16.5. The number of piperazine rings is 1. The van der Waals surface area contributed by atoms with Crippen LogP contribution in [0.1, 0.15) is 6.42 Å². The van der Waals surface area contributed by atoms with Gasteiger partial charge < -0.3 is 14.2 Å². The molecule has 25 heavy (non-hydrogen) atoms. The largest absolute Gasteiger partial charge is 0.437 e. The Morgan fingerprint density at radius 2 is 2.00 bits per heavy atom. The minimum Gasteiger partial charge on any atom is -0.437 e. The molecule has 128 valence electrons. The second-order valence-electron chi connectivity index (χ2n) is 7.05. The molecule has 2 atom stereocenters. The molecular weight excluding hydrogens is 314 g/mol. The number of likely N-dealkylation sites (tertiary alicyclic amines) is 1. The van der Waals surface area contributed by atoms with Crippen molar-refractivity contribution in [2.75, 3.05) is 25.0 Å². The van der Waals surface area contributed by atoms with Gasteiger partial charge in [0.2, 0.25) is 11.8 Å². The number of hydrogen-bond acceptors (Lipinski definition) is 5. The fourth-order valence-electron chi connectivity index (χ4n) is 4.15. The SMILES string of the molecule is CN1CC2CC1CN2c1nccc(Oc2cccc3ccn(C)c23)n1. The van der Waals surface area contributed by atoms with Gasteiger partial charge in [0.05, 0.1) is 5.52 Å². The topological polar surface area (TPSA) is 46.4 Å². The molecule has 6 heteroatoms. The molecule has 0 N–H and O–H groups in total. The van der Waals surface area contributed by atoms with E-state index < -0.39 is 0 Å². The quantitative estimate of drug-likeness (QED) is 0.736. The molecule has 2 aromatic heterocycles. The molecule has 0 radical (unpaired) electrons. The van der Waals surface area contributed by atoms with Crippen molar-refractivity contribution in [2.24, 2.45) is 7.05 Å². The summed E-state index contributed by atoms with van der Waals surface area (Å²) in [5.41, 5.74) is 1.07. The Morgan fingerprint density at radius 1 is 1.08 bits per heavy atom. The first-order valence-electron chi connectivity index (χ1n) is 8.71. The molecule has 0 spiro atoms. The van der Waals surface area contributed by atoms with Crippen molar-refractivity contribution >= 4 is 16.9 Å². The number of anilines is 1. The summed E-state index contributed by atoms with van der Waals surface area (Å²) in [7, 11) is 4.22. The van der Waals surface area contributed by atoms with Crippen LogP contribution in [0, 0.1) is 0 Å². The summed E-state index contributed by atoms with van der Waals surface area (Å²) in [6.07, 6.45) is 5.03. The number of hydrogen-bond donors (Lipinski definition) is 0. The van der Waals surface area contributed by atoms with Crippen molar-refractivity contribution in [1.29, 1.82) is 0 Å². The third kappa shape index (κ3) is 2.36. The number of ether oxygens (including phenoxy) is 1. The van der Waals surface area contributed by atoms with E-state index in [1.54, 1.807) is 6.20 Å². The smallest absolute Gasteiger partial charge is 0.228 e. The van der Waals surface area contributed by atoms with E-state index in [2.05, 4.69) is 43.5 Å². The Balaban J connectivity index is 1.45. The molecule has 3 aromatic rings. The molecule has 2 fully saturated rings. The van der Waals surface area contributed by atoms with Gasteiger partial charge in [0.15, 0.2) is 5.75 Å². The van der Waals surface area contributed by atoms with Gasteiger partial charge in [-0.25, -0.2) is 4.98 Å². The minimum atomic E-state index is 0.515. The Morgan fingerprint density at radius 3 is 2.80 bits per heavy atom. The van der Waals surface area contributed by atoms with E-state index in [9.17, 15) is 0 Å². The second-order valence-corrected chi connectivity index (χ2v) is 7.05. The predicted octanol–water partition coefficient (Wildman–Crippen LogP) is 2.65. The third-order valence-electron chi connectivity index (χ3n) is 5.46. The molecule has 1 aromatic carbocycles. The number of fused-ring (bicyclic) bond motifs is 3. The Labute approximate surface area is 146 Å². The number of para-hydroxylation sites is 1. The number of benzene rings is 1. The van der Waals surface area contributed by atoms with Crippen LogP contribution in [0.2, 0.25) is 0 Å². The van der Waals surface area contributed by atoms with Crippen molar-refractivity contribution in [1.82, 2.24) is 19.4 Å². The summed E-state index contributed by atoms with van der Waals surface area (Å²) >= 11 is 0. The van der Waals surface area contributed by atoms with Crippen molar-refractivity contribution in [3.63, 3.8) is 0 Å². The van der Waals surface area contributed by atoms with Gasteiger partial charge in [0, 0.05) is 56.1 Å². The van der Waals surface area contributed by atoms with Gasteiger partial charge in [-0.05, 0) is 25.6 Å². The fraction of sp³-hybridized carbons (Fsp3) is 0.368. The van der Waals surface area contributed by atoms with Crippen LogP contribution < -0.4 is 9.64 Å². The minimum absolute atomic E-state index is 0.515. The van der Waals surface area contributed by atoms with Crippen LogP contribution >= 0.6 is 0 Å². The Hall–Kier alpha value is -2.60. The zero-order valence-electron chi connectivity index (χ0n) is 14.5. The van der Waals surface area contributed by atoms with Gasteiger partial charge in [0.1, 0.15) is 0 Å². The lowest BCUT2D eigenvalue weighted by molar-refractivity contribution is 0.291. The van der Waals surface area contributed by atoms with Gasteiger partial charge in [0.25, 0.3) is 0 Å². The van der Waals surface area contributed by atoms with Crippen molar-refractivity contribution in [3.05, 3.63) is 42.7 Å². The molecule has 0 saturated carbocycles. The highest BCUT2D eigenvalue weighted by molar-refractivity contribution is 5.86. The molecular formula is C19H21N5O. The maximum atomic E-state index is 6.12. The van der Waals surface area contributed by atoms with Crippen LogP contribution in [-0.4, -0.2) is 51.7 Å². The molecule has 4 heterocycles. The molecule has 2 bridgehead atoms. The van der Waals surface area contributed by atoms with Crippen LogP contribution in [0.25, 0.3) is 10.9 Å². The maximum Gasteiger partial charge on any atom is 0.228 e.